The number of aromatic nitrogens is 2. The monoisotopic (exact) mass is 305 g/mol. The Kier molecular flexibility index (Phi) is 6.87. The highest BCUT2D eigenvalue weighted by Crippen LogP contribution is 2.18. The summed E-state index contributed by atoms with van der Waals surface area (Å²) >= 11 is 11.6. The van der Waals surface area contributed by atoms with Crippen LogP contribution in [-0.2, 0) is 9.53 Å². The fourth-order valence-corrected chi connectivity index (χ4v) is 1.99. The largest absolute Gasteiger partial charge is 0.466 e. The number of halogens is 2. The van der Waals surface area contributed by atoms with Gasteiger partial charge in [-0.2, -0.15) is 0 Å². The Bertz CT molecular complexity index is 409. The van der Waals surface area contributed by atoms with Gasteiger partial charge in [-0.25, -0.2) is 9.97 Å². The van der Waals surface area contributed by atoms with Gasteiger partial charge in [0.25, 0.3) is 0 Å². The normalized spacial score (nSPS) is 10.3. The third-order valence-corrected chi connectivity index (χ3v) is 2.85. The molecule has 0 unspecified atom stereocenters. The summed E-state index contributed by atoms with van der Waals surface area (Å²) in [4.78, 5) is 20.6. The molecule has 0 saturated heterocycles. The molecule has 1 heterocycles. The zero-order valence-electron chi connectivity index (χ0n) is 11.0. The summed E-state index contributed by atoms with van der Waals surface area (Å²) < 4.78 is 4.88. The molecule has 106 valence electrons. The molecule has 0 fully saturated rings. The third kappa shape index (κ3) is 6.07. The lowest BCUT2D eigenvalue weighted by Gasteiger charge is -2.21. The van der Waals surface area contributed by atoms with Crippen LogP contribution in [0.5, 0.6) is 0 Å². The first-order valence-corrected chi connectivity index (χ1v) is 6.87. The van der Waals surface area contributed by atoms with E-state index in [2.05, 4.69) is 9.97 Å². The van der Waals surface area contributed by atoms with E-state index in [1.54, 1.807) is 6.07 Å². The molecule has 5 nitrogen and oxygen atoms in total. The summed E-state index contributed by atoms with van der Waals surface area (Å²) in [7, 11) is 0. The molecule has 1 aromatic rings. The predicted molar refractivity (Wildman–Crippen MR) is 75.8 cm³/mol. The van der Waals surface area contributed by atoms with Gasteiger partial charge in [-0.3, -0.25) is 4.79 Å². The van der Waals surface area contributed by atoms with Gasteiger partial charge in [0, 0.05) is 26.1 Å². The van der Waals surface area contributed by atoms with Gasteiger partial charge in [0.05, 0.1) is 6.61 Å². The fraction of sp³-hybridized carbons (Fsp3) is 0.583. The van der Waals surface area contributed by atoms with Crippen LogP contribution >= 0.6 is 23.2 Å². The van der Waals surface area contributed by atoms with E-state index >= 15 is 0 Å². The van der Waals surface area contributed by atoms with Gasteiger partial charge < -0.3 is 9.64 Å². The second-order valence-corrected chi connectivity index (χ2v) is 4.67. The number of rotatable bonds is 7. The molecule has 0 aliphatic heterocycles. The fourth-order valence-electron chi connectivity index (χ4n) is 1.60. The van der Waals surface area contributed by atoms with Crippen LogP contribution in [0.3, 0.4) is 0 Å². The third-order valence-electron chi connectivity index (χ3n) is 2.49. The van der Waals surface area contributed by atoms with Crippen molar-refractivity contribution in [2.75, 3.05) is 24.6 Å². The summed E-state index contributed by atoms with van der Waals surface area (Å²) in [5, 5.41) is 0.467. The highest BCUT2D eigenvalue weighted by molar-refractivity contribution is 6.32. The van der Waals surface area contributed by atoms with Crippen LogP contribution in [-0.4, -0.2) is 35.6 Å². The maximum Gasteiger partial charge on any atom is 0.302 e. The quantitative estimate of drug-likeness (QED) is 0.335. The maximum atomic E-state index is 10.6. The van der Waals surface area contributed by atoms with Crippen LogP contribution in [0, 0.1) is 0 Å². The van der Waals surface area contributed by atoms with Gasteiger partial charge in [0.15, 0.2) is 0 Å². The van der Waals surface area contributed by atoms with Crippen molar-refractivity contribution in [3.8, 4) is 0 Å². The molecule has 1 rings (SSSR count). The van der Waals surface area contributed by atoms with E-state index in [-0.39, 0.29) is 11.3 Å². The maximum absolute atomic E-state index is 10.6. The molecule has 0 radical (unpaired) electrons. The topological polar surface area (TPSA) is 55.3 Å². The van der Waals surface area contributed by atoms with Gasteiger partial charge in [0.2, 0.25) is 5.28 Å². The summed E-state index contributed by atoms with van der Waals surface area (Å²) in [6.45, 7) is 5.45. The number of anilines is 1. The van der Waals surface area contributed by atoms with Crippen molar-refractivity contribution < 1.29 is 9.53 Å². The van der Waals surface area contributed by atoms with Gasteiger partial charge >= 0.3 is 5.97 Å². The van der Waals surface area contributed by atoms with Crippen LogP contribution < -0.4 is 4.90 Å². The summed E-state index contributed by atoms with van der Waals surface area (Å²) in [6, 6.07) is 1.68. The van der Waals surface area contributed by atoms with Crippen molar-refractivity contribution in [3.63, 3.8) is 0 Å². The lowest BCUT2D eigenvalue weighted by atomic mass is 10.3. The molecule has 0 aliphatic carbocycles. The molecule has 7 heteroatoms. The van der Waals surface area contributed by atoms with Crippen molar-refractivity contribution in [2.24, 2.45) is 0 Å². The Balaban J connectivity index is 2.46. The van der Waals surface area contributed by atoms with Crippen molar-refractivity contribution >= 4 is 35.0 Å². The zero-order chi connectivity index (χ0) is 14.3. The minimum absolute atomic E-state index is 0.140. The Morgan fingerprint density at radius 3 is 2.68 bits per heavy atom. The molecule has 0 aliphatic rings. The van der Waals surface area contributed by atoms with Crippen molar-refractivity contribution in [1.29, 1.82) is 0 Å². The summed E-state index contributed by atoms with van der Waals surface area (Å²) in [5.74, 6) is 0.460. The van der Waals surface area contributed by atoms with Crippen LogP contribution in [0.1, 0.15) is 26.7 Å². The van der Waals surface area contributed by atoms with Crippen LogP contribution in [0.25, 0.3) is 0 Å². The second kappa shape index (κ2) is 8.17. The highest BCUT2D eigenvalue weighted by atomic mass is 35.5. The van der Waals surface area contributed by atoms with E-state index in [4.69, 9.17) is 27.9 Å². The lowest BCUT2D eigenvalue weighted by Crippen LogP contribution is -2.25. The van der Waals surface area contributed by atoms with Gasteiger partial charge in [0.1, 0.15) is 11.0 Å². The molecule has 0 atom stereocenters. The molecule has 1 aromatic heterocycles. The molecule has 0 aromatic carbocycles. The van der Waals surface area contributed by atoms with Crippen molar-refractivity contribution in [2.45, 2.75) is 26.7 Å². The van der Waals surface area contributed by atoms with E-state index in [9.17, 15) is 4.79 Å². The Morgan fingerprint density at radius 1 is 1.37 bits per heavy atom. The number of hydrogen-bond acceptors (Lipinski definition) is 5. The van der Waals surface area contributed by atoms with Crippen LogP contribution in [0.15, 0.2) is 6.07 Å². The van der Waals surface area contributed by atoms with E-state index in [0.717, 1.165) is 25.9 Å². The van der Waals surface area contributed by atoms with Gasteiger partial charge in [-0.1, -0.05) is 11.6 Å². The average Bonchev–Trinajstić information content (AvgIpc) is 2.32. The van der Waals surface area contributed by atoms with Gasteiger partial charge in [-0.05, 0) is 31.4 Å². The first kappa shape index (κ1) is 16.0. The SMILES string of the molecule is CCN(CCCCOC(C)=O)c1cc(Cl)nc(Cl)n1. The van der Waals surface area contributed by atoms with Crippen LogP contribution in [0.2, 0.25) is 10.4 Å². The Morgan fingerprint density at radius 2 is 2.11 bits per heavy atom. The number of hydrogen-bond donors (Lipinski definition) is 0. The molecule has 0 saturated carbocycles. The molecule has 0 bridgehead atoms. The standard InChI is InChI=1S/C12H17Cl2N3O2/c1-3-17(6-4-5-7-19-9(2)18)11-8-10(13)15-12(14)16-11/h8H,3-7H2,1-2H3. The smallest absolute Gasteiger partial charge is 0.302 e. The summed E-state index contributed by atoms with van der Waals surface area (Å²) in [5.41, 5.74) is 0. The predicted octanol–water partition coefficient (Wildman–Crippen LogP) is 2.95. The molecule has 0 N–H and O–H groups in total. The molecule has 0 amide bonds. The zero-order valence-corrected chi connectivity index (χ0v) is 12.5. The molecule has 0 spiro atoms. The number of nitrogens with zero attached hydrogens (tertiary/aromatic N) is 3. The van der Waals surface area contributed by atoms with E-state index in [1.807, 2.05) is 11.8 Å². The van der Waals surface area contributed by atoms with Crippen molar-refractivity contribution in [3.05, 3.63) is 16.5 Å². The molecule has 19 heavy (non-hydrogen) atoms. The lowest BCUT2D eigenvalue weighted by molar-refractivity contribution is -0.141. The molecular formula is C12H17Cl2N3O2. The summed E-state index contributed by atoms with van der Waals surface area (Å²) in [6.07, 6.45) is 1.70. The molecular weight excluding hydrogens is 289 g/mol. The van der Waals surface area contributed by atoms with Gasteiger partial charge in [-0.15, -0.1) is 0 Å². The first-order chi connectivity index (χ1) is 9.02. The first-order valence-electron chi connectivity index (χ1n) is 6.11. The highest BCUT2D eigenvalue weighted by Gasteiger charge is 2.08. The minimum Gasteiger partial charge on any atom is -0.466 e. The number of carbonyl (C=O) groups excluding carboxylic acids is 1. The van der Waals surface area contributed by atoms with Crippen molar-refractivity contribution in [1.82, 2.24) is 9.97 Å². The second-order valence-electron chi connectivity index (χ2n) is 3.94. The van der Waals surface area contributed by atoms with E-state index in [0.29, 0.717) is 17.6 Å². The number of unbranched alkanes of at least 4 members (excludes halogenated alkanes) is 1. The van der Waals surface area contributed by atoms with E-state index < -0.39 is 0 Å². The average molecular weight is 306 g/mol. The Hall–Kier alpha value is -1.07. The Labute approximate surface area is 122 Å². The number of carbonyl (C=O) groups is 1. The van der Waals surface area contributed by atoms with Crippen LogP contribution in [0.4, 0.5) is 5.82 Å². The number of ether oxygens (including phenoxy) is 1. The van der Waals surface area contributed by atoms with E-state index in [1.165, 1.54) is 6.92 Å². The minimum atomic E-state index is -0.248. The number of esters is 1.